The van der Waals surface area contributed by atoms with E-state index in [4.69, 9.17) is 30.5 Å². The average Bonchev–Trinajstić information content (AvgIpc) is 3.21. The van der Waals surface area contributed by atoms with E-state index < -0.39 is 23.8 Å². The van der Waals surface area contributed by atoms with Crippen LogP contribution in [-0.2, 0) is 31.9 Å². The minimum atomic E-state index is -2.29. The Hall–Kier alpha value is -2.52. The number of ether oxygens (including phenoxy) is 4. The van der Waals surface area contributed by atoms with Gasteiger partial charge in [0.15, 0.2) is 11.5 Å². The standard InChI is InChI=1S/C25H28ClNO7.ClH/c1-3-31-23(29)25(24(30)32-4-2)33-21-12-15-8-9-19(11-17(15)13-22(21)34-25)27-14-20(28)16-6-5-7-18(26)10-16;/h5-7,10,12-13,19-20,27-28H,3-4,8-9,11,14H2,1-2H3;1H/t19-,20-;/m1./s1. The normalized spacial score (nSPS) is 18.1. The lowest BCUT2D eigenvalue weighted by Crippen LogP contribution is -2.55. The van der Waals surface area contributed by atoms with E-state index in [1.165, 1.54) is 0 Å². The first-order chi connectivity index (χ1) is 16.4. The maximum absolute atomic E-state index is 12.6. The van der Waals surface area contributed by atoms with Crippen LogP contribution in [0.15, 0.2) is 36.4 Å². The lowest BCUT2D eigenvalue weighted by atomic mass is 9.87. The molecule has 35 heavy (non-hydrogen) atoms. The van der Waals surface area contributed by atoms with Gasteiger partial charge < -0.3 is 29.4 Å². The number of aliphatic hydroxyl groups excluding tert-OH is 1. The number of carbonyl (C=O) groups excluding carboxylic acids is 2. The lowest BCUT2D eigenvalue weighted by molar-refractivity contribution is -0.202. The summed E-state index contributed by atoms with van der Waals surface area (Å²) in [6.45, 7) is 3.78. The smallest absolute Gasteiger partial charge is 0.453 e. The summed E-state index contributed by atoms with van der Waals surface area (Å²) in [4.78, 5) is 25.2. The molecule has 0 radical (unpaired) electrons. The van der Waals surface area contributed by atoms with Crippen LogP contribution in [0.1, 0.15) is 43.1 Å². The third-order valence-electron chi connectivity index (χ3n) is 5.92. The summed E-state index contributed by atoms with van der Waals surface area (Å²) in [5, 5.41) is 14.5. The highest BCUT2D eigenvalue weighted by molar-refractivity contribution is 6.30. The van der Waals surface area contributed by atoms with Crippen LogP contribution in [0.2, 0.25) is 5.02 Å². The van der Waals surface area contributed by atoms with Gasteiger partial charge in [0.05, 0.1) is 19.3 Å². The third kappa shape index (κ3) is 5.67. The largest absolute Gasteiger partial charge is 0.460 e. The van der Waals surface area contributed by atoms with Crippen molar-refractivity contribution in [3.05, 3.63) is 58.1 Å². The van der Waals surface area contributed by atoms with Gasteiger partial charge in [-0.15, -0.1) is 12.4 Å². The summed E-state index contributed by atoms with van der Waals surface area (Å²) in [6.07, 6.45) is 1.64. The van der Waals surface area contributed by atoms with Crippen molar-refractivity contribution in [1.29, 1.82) is 0 Å². The number of aryl methyl sites for hydroxylation is 1. The van der Waals surface area contributed by atoms with Crippen molar-refractivity contribution in [3.63, 3.8) is 0 Å². The second kappa shape index (κ2) is 11.5. The van der Waals surface area contributed by atoms with Crippen LogP contribution in [0, 0.1) is 0 Å². The Labute approximate surface area is 215 Å². The molecule has 0 fully saturated rings. The monoisotopic (exact) mass is 525 g/mol. The maximum atomic E-state index is 12.6. The predicted octanol–water partition coefficient (Wildman–Crippen LogP) is 3.54. The van der Waals surface area contributed by atoms with Crippen LogP contribution in [-0.4, -0.2) is 48.6 Å². The third-order valence-corrected chi connectivity index (χ3v) is 6.16. The van der Waals surface area contributed by atoms with Gasteiger partial charge in [0.1, 0.15) is 0 Å². The maximum Gasteiger partial charge on any atom is 0.453 e. The van der Waals surface area contributed by atoms with E-state index in [0.29, 0.717) is 29.5 Å². The van der Waals surface area contributed by atoms with Crippen LogP contribution in [0.5, 0.6) is 11.5 Å². The number of rotatable bonds is 8. The van der Waals surface area contributed by atoms with Crippen LogP contribution in [0.4, 0.5) is 0 Å². The zero-order valence-corrected chi connectivity index (χ0v) is 21.1. The number of hydrogen-bond acceptors (Lipinski definition) is 8. The molecule has 8 nitrogen and oxygen atoms in total. The molecule has 190 valence electrons. The van der Waals surface area contributed by atoms with Crippen LogP contribution >= 0.6 is 24.0 Å². The van der Waals surface area contributed by atoms with Crippen LogP contribution in [0.3, 0.4) is 0 Å². The van der Waals surface area contributed by atoms with Crippen LogP contribution in [0.25, 0.3) is 0 Å². The molecule has 2 aromatic carbocycles. The molecule has 1 aliphatic carbocycles. The first kappa shape index (κ1) is 27.1. The Morgan fingerprint density at radius 1 is 1.11 bits per heavy atom. The number of nitrogens with one attached hydrogen (secondary N) is 1. The van der Waals surface area contributed by atoms with Gasteiger partial charge in [-0.2, -0.15) is 0 Å². The van der Waals surface area contributed by atoms with Gasteiger partial charge in [0, 0.05) is 17.6 Å². The topological polar surface area (TPSA) is 103 Å². The Morgan fingerprint density at radius 2 is 1.74 bits per heavy atom. The molecule has 2 N–H and O–H groups in total. The fraction of sp³-hybridized carbons (Fsp3) is 0.440. The van der Waals surface area contributed by atoms with Crippen molar-refractivity contribution in [3.8, 4) is 11.5 Å². The molecule has 10 heteroatoms. The van der Waals surface area contributed by atoms with Gasteiger partial charge in [-0.25, -0.2) is 9.59 Å². The Balaban J connectivity index is 0.00000342. The van der Waals surface area contributed by atoms with E-state index in [-0.39, 0.29) is 31.7 Å². The predicted molar refractivity (Wildman–Crippen MR) is 131 cm³/mol. The second-order valence-electron chi connectivity index (χ2n) is 8.25. The molecule has 0 amide bonds. The highest BCUT2D eigenvalue weighted by atomic mass is 35.5. The Kier molecular flexibility index (Phi) is 8.88. The molecule has 0 saturated heterocycles. The number of halogens is 2. The molecule has 0 unspecified atom stereocenters. The molecule has 1 heterocycles. The summed E-state index contributed by atoms with van der Waals surface area (Å²) in [6, 6.07) is 10.9. The molecule has 4 rings (SSSR count). The molecular weight excluding hydrogens is 497 g/mol. The molecule has 2 atom stereocenters. The molecule has 0 spiro atoms. The lowest BCUT2D eigenvalue weighted by Gasteiger charge is -2.27. The quantitative estimate of drug-likeness (QED) is 0.398. The molecule has 1 aliphatic heterocycles. The first-order valence-electron chi connectivity index (χ1n) is 11.4. The van der Waals surface area contributed by atoms with E-state index in [1.807, 2.05) is 18.2 Å². The zero-order valence-electron chi connectivity index (χ0n) is 19.5. The number of carbonyl (C=O) groups is 2. The highest BCUT2D eigenvalue weighted by Crippen LogP contribution is 2.44. The highest BCUT2D eigenvalue weighted by Gasteiger charge is 2.59. The van der Waals surface area contributed by atoms with E-state index in [2.05, 4.69) is 5.32 Å². The molecule has 0 aromatic heterocycles. The molecule has 2 aliphatic rings. The van der Waals surface area contributed by atoms with Crippen molar-refractivity contribution < 1.29 is 33.6 Å². The molecular formula is C25H29Cl2NO7. The average molecular weight is 526 g/mol. The zero-order chi connectivity index (χ0) is 24.3. The number of esters is 2. The van der Waals surface area contributed by atoms with Crippen molar-refractivity contribution in [1.82, 2.24) is 5.32 Å². The van der Waals surface area contributed by atoms with Gasteiger partial charge in [-0.3, -0.25) is 0 Å². The van der Waals surface area contributed by atoms with E-state index in [1.54, 1.807) is 32.0 Å². The van der Waals surface area contributed by atoms with Crippen molar-refractivity contribution >= 4 is 35.9 Å². The number of fused-ring (bicyclic) bond motifs is 2. The van der Waals surface area contributed by atoms with Crippen molar-refractivity contribution in [2.45, 2.75) is 51.0 Å². The Bertz CT molecular complexity index is 1060. The number of benzene rings is 2. The van der Waals surface area contributed by atoms with Gasteiger partial charge in [-0.05, 0) is 74.1 Å². The molecule has 0 saturated carbocycles. The van der Waals surface area contributed by atoms with E-state index in [0.717, 1.165) is 29.5 Å². The van der Waals surface area contributed by atoms with Gasteiger partial charge in [-0.1, -0.05) is 23.7 Å². The molecule has 2 aromatic rings. The summed E-state index contributed by atoms with van der Waals surface area (Å²) in [7, 11) is 0. The van der Waals surface area contributed by atoms with Gasteiger partial charge in [0.25, 0.3) is 0 Å². The van der Waals surface area contributed by atoms with E-state index in [9.17, 15) is 14.7 Å². The summed E-state index contributed by atoms with van der Waals surface area (Å²) in [5.74, 6) is -3.59. The fourth-order valence-corrected chi connectivity index (χ4v) is 4.44. The van der Waals surface area contributed by atoms with Crippen LogP contribution < -0.4 is 14.8 Å². The number of hydrogen-bond donors (Lipinski definition) is 2. The first-order valence-corrected chi connectivity index (χ1v) is 11.8. The summed E-state index contributed by atoms with van der Waals surface area (Å²) in [5.41, 5.74) is 2.83. The SMILES string of the molecule is CCOC(=O)C1(C(=O)OCC)Oc2cc3c(cc2O1)C[C@H](NC[C@@H](O)c1cccc(Cl)c1)CC3.Cl. The fourth-order valence-electron chi connectivity index (χ4n) is 4.24. The Morgan fingerprint density at radius 3 is 2.34 bits per heavy atom. The number of aliphatic hydroxyl groups is 1. The minimum Gasteiger partial charge on any atom is -0.460 e. The summed E-state index contributed by atoms with van der Waals surface area (Å²) < 4.78 is 21.5. The molecule has 0 bridgehead atoms. The van der Waals surface area contributed by atoms with Gasteiger partial charge >= 0.3 is 17.7 Å². The second-order valence-corrected chi connectivity index (χ2v) is 8.68. The summed E-state index contributed by atoms with van der Waals surface area (Å²) >= 11 is 6.02. The van der Waals surface area contributed by atoms with Gasteiger partial charge in [0.2, 0.25) is 0 Å². The minimum absolute atomic E-state index is 0. The van der Waals surface area contributed by atoms with Crippen molar-refractivity contribution in [2.24, 2.45) is 0 Å². The van der Waals surface area contributed by atoms with E-state index >= 15 is 0 Å². The van der Waals surface area contributed by atoms with Crippen molar-refractivity contribution in [2.75, 3.05) is 19.8 Å².